The molecule has 0 aromatic rings. The van der Waals surface area contributed by atoms with Crippen molar-refractivity contribution in [3.8, 4) is 0 Å². The van der Waals surface area contributed by atoms with Gasteiger partial charge in [-0.2, -0.15) is 0 Å². The van der Waals surface area contributed by atoms with Crippen molar-refractivity contribution in [2.75, 3.05) is 6.61 Å². The van der Waals surface area contributed by atoms with Gasteiger partial charge in [0.2, 0.25) is 6.20 Å². The lowest BCUT2D eigenvalue weighted by Gasteiger charge is -2.01. The average molecular weight is 145 g/mol. The molecule has 0 fully saturated rings. The Hall–Kier alpha value is -0.900. The van der Waals surface area contributed by atoms with Crippen molar-refractivity contribution in [3.05, 3.63) is 22.4 Å². The molecule has 0 bridgehead atoms. The quantitative estimate of drug-likeness (QED) is 0.441. The van der Waals surface area contributed by atoms with Crippen molar-refractivity contribution < 1.29 is 9.66 Å². The number of ether oxygens (including phenoxy) is 1. The fraction of sp³-hybridized carbons (Fsp3) is 0.667. The van der Waals surface area contributed by atoms with Crippen molar-refractivity contribution in [1.82, 2.24) is 0 Å². The highest BCUT2D eigenvalue weighted by Crippen LogP contribution is 1.86. The van der Waals surface area contributed by atoms with Gasteiger partial charge in [0.25, 0.3) is 0 Å². The average Bonchev–Trinajstić information content (AvgIpc) is 1.79. The van der Waals surface area contributed by atoms with E-state index < -0.39 is 4.92 Å². The molecule has 10 heavy (non-hydrogen) atoms. The number of rotatable bonds is 4. The van der Waals surface area contributed by atoms with E-state index in [1.165, 1.54) is 6.08 Å². The predicted octanol–water partition coefficient (Wildman–Crippen LogP) is 1.20. The van der Waals surface area contributed by atoms with Crippen molar-refractivity contribution >= 4 is 0 Å². The summed E-state index contributed by atoms with van der Waals surface area (Å²) in [5.41, 5.74) is 0. The van der Waals surface area contributed by atoms with Crippen LogP contribution in [0.25, 0.3) is 0 Å². The van der Waals surface area contributed by atoms with E-state index in [1.807, 2.05) is 13.8 Å². The minimum absolute atomic E-state index is 0.122. The van der Waals surface area contributed by atoms with Gasteiger partial charge in [-0.25, -0.2) is 0 Å². The largest absolute Gasteiger partial charge is 0.374 e. The van der Waals surface area contributed by atoms with Crippen molar-refractivity contribution in [1.29, 1.82) is 0 Å². The fourth-order valence-electron chi connectivity index (χ4n) is 0.377. The first-order valence-electron chi connectivity index (χ1n) is 3.04. The van der Waals surface area contributed by atoms with Crippen LogP contribution in [0.4, 0.5) is 0 Å². The highest BCUT2D eigenvalue weighted by atomic mass is 16.6. The molecule has 0 aliphatic carbocycles. The zero-order valence-electron chi connectivity index (χ0n) is 6.11. The van der Waals surface area contributed by atoms with Gasteiger partial charge in [0.15, 0.2) is 0 Å². The Morgan fingerprint density at radius 1 is 1.70 bits per heavy atom. The smallest absolute Gasteiger partial charge is 0.232 e. The van der Waals surface area contributed by atoms with E-state index in [-0.39, 0.29) is 6.10 Å². The summed E-state index contributed by atoms with van der Waals surface area (Å²) >= 11 is 0. The van der Waals surface area contributed by atoms with Crippen LogP contribution >= 0.6 is 0 Å². The maximum atomic E-state index is 9.71. The summed E-state index contributed by atoms with van der Waals surface area (Å²) in [6.45, 7) is 4.05. The van der Waals surface area contributed by atoms with Gasteiger partial charge < -0.3 is 4.74 Å². The van der Waals surface area contributed by atoms with Gasteiger partial charge in [-0.1, -0.05) is 0 Å². The molecule has 0 N–H and O–H groups in total. The van der Waals surface area contributed by atoms with Gasteiger partial charge >= 0.3 is 0 Å². The molecule has 0 heterocycles. The summed E-state index contributed by atoms with van der Waals surface area (Å²) in [6.07, 6.45) is 2.37. The van der Waals surface area contributed by atoms with Gasteiger partial charge in [0, 0.05) is 6.08 Å². The summed E-state index contributed by atoms with van der Waals surface area (Å²) in [7, 11) is 0. The Labute approximate surface area is 59.6 Å². The lowest BCUT2D eigenvalue weighted by atomic mass is 10.5. The van der Waals surface area contributed by atoms with E-state index in [1.54, 1.807) is 0 Å². The number of nitro groups is 1. The van der Waals surface area contributed by atoms with Crippen LogP contribution in [0.5, 0.6) is 0 Å². The van der Waals surface area contributed by atoms with Crippen LogP contribution in [0, 0.1) is 10.1 Å². The van der Waals surface area contributed by atoms with Gasteiger partial charge in [0.1, 0.15) is 0 Å². The topological polar surface area (TPSA) is 52.4 Å². The molecule has 0 aliphatic rings. The molecule has 0 aromatic heterocycles. The van der Waals surface area contributed by atoms with Crippen LogP contribution in [-0.4, -0.2) is 17.6 Å². The monoisotopic (exact) mass is 145 g/mol. The minimum atomic E-state index is -0.510. The second kappa shape index (κ2) is 4.93. The molecular weight excluding hydrogens is 134 g/mol. The third kappa shape index (κ3) is 7.10. The molecule has 0 radical (unpaired) electrons. The van der Waals surface area contributed by atoms with Gasteiger partial charge in [-0.3, -0.25) is 10.1 Å². The number of nitrogens with zero attached hydrogens (tertiary/aromatic N) is 1. The molecule has 0 aromatic carbocycles. The third-order valence-electron chi connectivity index (χ3n) is 0.753. The fourth-order valence-corrected chi connectivity index (χ4v) is 0.377. The Morgan fingerprint density at radius 2 is 2.30 bits per heavy atom. The molecule has 4 nitrogen and oxygen atoms in total. The maximum absolute atomic E-state index is 9.71. The van der Waals surface area contributed by atoms with Crippen molar-refractivity contribution in [2.24, 2.45) is 0 Å². The molecule has 0 rings (SSSR count). The molecule has 0 unspecified atom stereocenters. The highest BCUT2D eigenvalue weighted by molar-refractivity contribution is 4.71. The standard InChI is InChI=1S/C6H11NO3/c1-6(2)10-5-3-4-7(8)9/h3-4,6H,5H2,1-2H3/b4-3+. The summed E-state index contributed by atoms with van der Waals surface area (Å²) in [6, 6.07) is 0. The third-order valence-corrected chi connectivity index (χ3v) is 0.753. The zero-order valence-corrected chi connectivity index (χ0v) is 6.11. The first kappa shape index (κ1) is 9.10. The van der Waals surface area contributed by atoms with E-state index in [0.29, 0.717) is 6.61 Å². The van der Waals surface area contributed by atoms with Crippen LogP contribution in [0.1, 0.15) is 13.8 Å². The van der Waals surface area contributed by atoms with E-state index >= 15 is 0 Å². The maximum Gasteiger partial charge on any atom is 0.232 e. The molecule has 0 aliphatic heterocycles. The van der Waals surface area contributed by atoms with Crippen LogP contribution in [0.2, 0.25) is 0 Å². The van der Waals surface area contributed by atoms with E-state index in [2.05, 4.69) is 0 Å². The Balaban J connectivity index is 3.27. The second-order valence-corrected chi connectivity index (χ2v) is 2.05. The minimum Gasteiger partial charge on any atom is -0.374 e. The Kier molecular flexibility index (Phi) is 4.49. The first-order valence-corrected chi connectivity index (χ1v) is 3.04. The molecule has 0 atom stereocenters. The highest BCUT2D eigenvalue weighted by Gasteiger charge is 1.89. The molecule has 0 saturated heterocycles. The summed E-state index contributed by atoms with van der Waals surface area (Å²) in [5.74, 6) is 0. The van der Waals surface area contributed by atoms with E-state index in [4.69, 9.17) is 4.74 Å². The van der Waals surface area contributed by atoms with Crippen LogP contribution in [0.15, 0.2) is 12.3 Å². The van der Waals surface area contributed by atoms with Crippen molar-refractivity contribution in [3.63, 3.8) is 0 Å². The molecular formula is C6H11NO3. The van der Waals surface area contributed by atoms with Gasteiger partial charge in [0.05, 0.1) is 17.6 Å². The van der Waals surface area contributed by atoms with Crippen LogP contribution in [0.3, 0.4) is 0 Å². The van der Waals surface area contributed by atoms with Gasteiger partial charge in [-0.15, -0.1) is 0 Å². The van der Waals surface area contributed by atoms with Crippen LogP contribution in [-0.2, 0) is 4.74 Å². The molecule has 0 amide bonds. The molecule has 4 heteroatoms. The first-order chi connectivity index (χ1) is 4.63. The van der Waals surface area contributed by atoms with Crippen molar-refractivity contribution in [2.45, 2.75) is 20.0 Å². The second-order valence-electron chi connectivity index (χ2n) is 2.05. The lowest BCUT2D eigenvalue weighted by molar-refractivity contribution is -0.402. The number of hydrogen-bond donors (Lipinski definition) is 0. The summed E-state index contributed by atoms with van der Waals surface area (Å²) in [4.78, 5) is 9.20. The number of hydrogen-bond acceptors (Lipinski definition) is 3. The zero-order chi connectivity index (χ0) is 7.98. The normalized spacial score (nSPS) is 11.1. The predicted molar refractivity (Wildman–Crippen MR) is 37.2 cm³/mol. The van der Waals surface area contributed by atoms with Crippen LogP contribution < -0.4 is 0 Å². The summed E-state index contributed by atoms with van der Waals surface area (Å²) < 4.78 is 5.00. The van der Waals surface area contributed by atoms with E-state index in [9.17, 15) is 10.1 Å². The SMILES string of the molecule is CC(C)OC/C=C/[N+](=O)[O-]. The van der Waals surface area contributed by atoms with Gasteiger partial charge in [-0.05, 0) is 13.8 Å². The van der Waals surface area contributed by atoms with E-state index in [0.717, 1.165) is 6.20 Å². The Morgan fingerprint density at radius 3 is 2.70 bits per heavy atom. The molecule has 0 saturated carbocycles. The molecule has 0 spiro atoms. The summed E-state index contributed by atoms with van der Waals surface area (Å²) in [5, 5.41) is 9.71. The lowest BCUT2D eigenvalue weighted by Crippen LogP contribution is -2.01. The Bertz CT molecular complexity index is 131. The molecule has 58 valence electrons.